The number of amides is 1. The summed E-state index contributed by atoms with van der Waals surface area (Å²) in [6.07, 6.45) is 4.81. The second-order valence-corrected chi connectivity index (χ2v) is 5.53. The van der Waals surface area contributed by atoms with Crippen LogP contribution in [0.25, 0.3) is 10.9 Å². The van der Waals surface area contributed by atoms with Gasteiger partial charge in [-0.05, 0) is 63.3 Å². The third kappa shape index (κ3) is 2.11. The first-order chi connectivity index (χ1) is 9.74. The zero-order valence-electron chi connectivity index (χ0n) is 12.3. The number of nitrogens with one attached hydrogen (secondary N) is 1. The molecule has 0 aliphatic heterocycles. The number of fused-ring (bicyclic) bond motifs is 3. The van der Waals surface area contributed by atoms with Gasteiger partial charge in [0.1, 0.15) is 0 Å². The molecule has 0 saturated heterocycles. The molecule has 1 aromatic carbocycles. The Morgan fingerprint density at radius 2 is 1.95 bits per heavy atom. The number of hydrogen-bond donors (Lipinski definition) is 1. The number of H-pyrrole nitrogens is 1. The van der Waals surface area contributed by atoms with Crippen molar-refractivity contribution >= 4 is 16.8 Å². The zero-order chi connectivity index (χ0) is 14.1. The van der Waals surface area contributed by atoms with Gasteiger partial charge in [0.2, 0.25) is 0 Å². The third-order valence-electron chi connectivity index (χ3n) is 4.40. The molecule has 0 atom stereocenters. The van der Waals surface area contributed by atoms with Crippen molar-refractivity contribution in [1.82, 2.24) is 9.88 Å². The SMILES string of the molecule is CCN(CC)C(=O)c1ccc2[nH]c3c(c2c1)CCCC3. The number of aromatic nitrogens is 1. The number of nitrogens with zero attached hydrogens (tertiary/aromatic N) is 1. The van der Waals surface area contributed by atoms with Crippen LogP contribution in [-0.2, 0) is 12.8 Å². The van der Waals surface area contributed by atoms with Crippen LogP contribution in [0.2, 0.25) is 0 Å². The third-order valence-corrected chi connectivity index (χ3v) is 4.40. The lowest BCUT2D eigenvalue weighted by molar-refractivity contribution is 0.0773. The average molecular weight is 270 g/mol. The molecule has 0 saturated carbocycles. The molecular weight excluding hydrogens is 248 g/mol. The summed E-state index contributed by atoms with van der Waals surface area (Å²) >= 11 is 0. The lowest BCUT2D eigenvalue weighted by atomic mass is 9.95. The van der Waals surface area contributed by atoms with Crippen LogP contribution in [-0.4, -0.2) is 28.9 Å². The Morgan fingerprint density at radius 3 is 2.70 bits per heavy atom. The minimum atomic E-state index is 0.141. The molecule has 0 fully saturated rings. The predicted octanol–water partition coefficient (Wildman–Crippen LogP) is 3.53. The van der Waals surface area contributed by atoms with E-state index in [1.807, 2.05) is 24.8 Å². The number of aryl methyl sites for hydroxylation is 2. The molecule has 1 aromatic heterocycles. The molecule has 0 bridgehead atoms. The fourth-order valence-electron chi connectivity index (χ4n) is 3.23. The van der Waals surface area contributed by atoms with Crippen molar-refractivity contribution in [3.8, 4) is 0 Å². The molecule has 20 heavy (non-hydrogen) atoms. The van der Waals surface area contributed by atoms with Gasteiger partial charge in [0, 0.05) is 35.2 Å². The molecule has 1 N–H and O–H groups in total. The lowest BCUT2D eigenvalue weighted by Crippen LogP contribution is -2.30. The number of benzene rings is 1. The van der Waals surface area contributed by atoms with Crippen LogP contribution in [0.4, 0.5) is 0 Å². The summed E-state index contributed by atoms with van der Waals surface area (Å²) in [7, 11) is 0. The second kappa shape index (κ2) is 5.31. The summed E-state index contributed by atoms with van der Waals surface area (Å²) in [6.45, 7) is 5.58. The van der Waals surface area contributed by atoms with E-state index in [1.165, 1.54) is 35.0 Å². The van der Waals surface area contributed by atoms with Gasteiger partial charge in [-0.1, -0.05) is 0 Å². The van der Waals surface area contributed by atoms with Crippen molar-refractivity contribution in [3.63, 3.8) is 0 Å². The van der Waals surface area contributed by atoms with Gasteiger partial charge in [0.25, 0.3) is 5.91 Å². The first-order valence-corrected chi connectivity index (χ1v) is 7.67. The Morgan fingerprint density at radius 1 is 1.20 bits per heavy atom. The zero-order valence-corrected chi connectivity index (χ0v) is 12.3. The smallest absolute Gasteiger partial charge is 0.253 e. The molecule has 1 aliphatic rings. The highest BCUT2D eigenvalue weighted by molar-refractivity contribution is 5.99. The Balaban J connectivity index is 2.03. The number of carbonyl (C=O) groups is 1. The van der Waals surface area contributed by atoms with E-state index in [4.69, 9.17) is 0 Å². The molecule has 1 heterocycles. The standard InChI is InChI=1S/C17H22N2O/c1-3-19(4-2)17(20)12-9-10-16-14(11-12)13-7-5-6-8-15(13)18-16/h9-11,18H,3-8H2,1-2H3. The molecule has 0 spiro atoms. The molecule has 3 heteroatoms. The lowest BCUT2D eigenvalue weighted by Gasteiger charge is -2.18. The summed E-state index contributed by atoms with van der Waals surface area (Å²) in [5.74, 6) is 0.141. The molecular formula is C17H22N2O. The van der Waals surface area contributed by atoms with Gasteiger partial charge in [0.05, 0.1) is 0 Å². The summed E-state index contributed by atoms with van der Waals surface area (Å²) < 4.78 is 0. The van der Waals surface area contributed by atoms with Crippen molar-refractivity contribution < 1.29 is 4.79 Å². The fourth-order valence-corrected chi connectivity index (χ4v) is 3.23. The highest BCUT2D eigenvalue weighted by Crippen LogP contribution is 2.29. The van der Waals surface area contributed by atoms with E-state index in [2.05, 4.69) is 17.1 Å². The molecule has 1 amide bonds. The number of aromatic amines is 1. The first kappa shape index (κ1) is 13.2. The molecule has 106 valence electrons. The first-order valence-electron chi connectivity index (χ1n) is 7.67. The van der Waals surface area contributed by atoms with Crippen molar-refractivity contribution in [1.29, 1.82) is 0 Å². The van der Waals surface area contributed by atoms with E-state index >= 15 is 0 Å². The van der Waals surface area contributed by atoms with E-state index in [1.54, 1.807) is 0 Å². The summed E-state index contributed by atoms with van der Waals surface area (Å²) in [6, 6.07) is 6.09. The van der Waals surface area contributed by atoms with Gasteiger partial charge in [-0.15, -0.1) is 0 Å². The van der Waals surface area contributed by atoms with Gasteiger partial charge in [0.15, 0.2) is 0 Å². The van der Waals surface area contributed by atoms with E-state index in [-0.39, 0.29) is 5.91 Å². The van der Waals surface area contributed by atoms with Crippen LogP contribution in [0.1, 0.15) is 48.3 Å². The van der Waals surface area contributed by atoms with Crippen LogP contribution in [0.15, 0.2) is 18.2 Å². The van der Waals surface area contributed by atoms with Crippen molar-refractivity contribution in [3.05, 3.63) is 35.0 Å². The van der Waals surface area contributed by atoms with Crippen molar-refractivity contribution in [2.45, 2.75) is 39.5 Å². The Bertz CT molecular complexity index is 638. The summed E-state index contributed by atoms with van der Waals surface area (Å²) in [4.78, 5) is 17.8. The van der Waals surface area contributed by atoms with Gasteiger partial charge in [-0.25, -0.2) is 0 Å². The van der Waals surface area contributed by atoms with Gasteiger partial charge >= 0.3 is 0 Å². The van der Waals surface area contributed by atoms with Gasteiger partial charge < -0.3 is 9.88 Å². The second-order valence-electron chi connectivity index (χ2n) is 5.53. The summed E-state index contributed by atoms with van der Waals surface area (Å²) in [5.41, 5.74) is 4.79. The van der Waals surface area contributed by atoms with E-state index in [0.717, 1.165) is 31.5 Å². The quantitative estimate of drug-likeness (QED) is 0.910. The largest absolute Gasteiger partial charge is 0.358 e. The molecule has 2 aromatic rings. The average Bonchev–Trinajstić information content (AvgIpc) is 2.86. The Labute approximate surface area is 120 Å². The minimum absolute atomic E-state index is 0.141. The fraction of sp³-hybridized carbons (Fsp3) is 0.471. The van der Waals surface area contributed by atoms with Gasteiger partial charge in [-0.3, -0.25) is 4.79 Å². The van der Waals surface area contributed by atoms with Crippen LogP contribution in [0.5, 0.6) is 0 Å². The molecule has 0 radical (unpaired) electrons. The maximum atomic E-state index is 12.5. The number of hydrogen-bond acceptors (Lipinski definition) is 1. The van der Waals surface area contributed by atoms with E-state index in [0.29, 0.717) is 0 Å². The number of rotatable bonds is 3. The maximum absolute atomic E-state index is 12.5. The van der Waals surface area contributed by atoms with E-state index in [9.17, 15) is 4.79 Å². The Kier molecular flexibility index (Phi) is 3.51. The molecule has 3 rings (SSSR count). The van der Waals surface area contributed by atoms with Crippen LogP contribution < -0.4 is 0 Å². The van der Waals surface area contributed by atoms with Crippen LogP contribution >= 0.6 is 0 Å². The molecule has 0 unspecified atom stereocenters. The highest BCUT2D eigenvalue weighted by atomic mass is 16.2. The number of carbonyl (C=O) groups excluding carboxylic acids is 1. The molecule has 3 nitrogen and oxygen atoms in total. The normalized spacial score (nSPS) is 14.3. The molecule has 1 aliphatic carbocycles. The monoisotopic (exact) mass is 270 g/mol. The van der Waals surface area contributed by atoms with Gasteiger partial charge in [-0.2, -0.15) is 0 Å². The van der Waals surface area contributed by atoms with Crippen molar-refractivity contribution in [2.75, 3.05) is 13.1 Å². The van der Waals surface area contributed by atoms with Crippen LogP contribution in [0, 0.1) is 0 Å². The topological polar surface area (TPSA) is 36.1 Å². The van der Waals surface area contributed by atoms with Crippen molar-refractivity contribution in [2.24, 2.45) is 0 Å². The minimum Gasteiger partial charge on any atom is -0.358 e. The van der Waals surface area contributed by atoms with Crippen LogP contribution in [0.3, 0.4) is 0 Å². The highest BCUT2D eigenvalue weighted by Gasteiger charge is 2.18. The summed E-state index contributed by atoms with van der Waals surface area (Å²) in [5, 5.41) is 1.25. The maximum Gasteiger partial charge on any atom is 0.253 e. The predicted molar refractivity (Wildman–Crippen MR) is 82.2 cm³/mol. The van der Waals surface area contributed by atoms with E-state index < -0.39 is 0 Å². The Hall–Kier alpha value is -1.77.